The molecule has 69 heavy (non-hydrogen) atoms. The number of fused-ring (bicyclic) bond motifs is 2. The lowest BCUT2D eigenvalue weighted by atomic mass is 10.1. The third-order valence-electron chi connectivity index (χ3n) is 10.5. The van der Waals surface area contributed by atoms with Gasteiger partial charge in [-0.15, -0.1) is 0 Å². The molecular weight excluding hydrogens is 991 g/mol. The van der Waals surface area contributed by atoms with Gasteiger partial charge in [0.25, 0.3) is 0 Å². The van der Waals surface area contributed by atoms with Crippen LogP contribution in [-0.4, -0.2) is 96.5 Å². The summed E-state index contributed by atoms with van der Waals surface area (Å²) < 4.78 is 96.8. The van der Waals surface area contributed by atoms with Crippen molar-refractivity contribution in [1.29, 1.82) is 0 Å². The number of aromatic nitrogens is 4. The summed E-state index contributed by atoms with van der Waals surface area (Å²) in [7, 11) is -21.6. The fraction of sp³-hybridized carbons (Fsp3) is 0.375. The van der Waals surface area contributed by atoms with Crippen LogP contribution in [-0.2, 0) is 53.0 Å². The second kappa shape index (κ2) is 22.3. The van der Waals surface area contributed by atoms with Crippen molar-refractivity contribution in [3.8, 4) is 11.8 Å². The first kappa shape index (κ1) is 53.2. The maximum atomic E-state index is 12.9. The molecule has 0 saturated carbocycles. The molecule has 0 aliphatic carbocycles. The SMILES string of the molecule is CCN(CC)c1ccc2cc(/C=C/c3ccc(S(=O)(=O)[O-])c[n+]3CCCCCC(=O)NCC#Cc3cn([C@H]4C[C@H](O)[C@@H](COP(=O)(O)OP(=O)(O)OP(=O)(O)O)O4)c4ncnc(N)c34)c(=O)oc2c1. The van der Waals surface area contributed by atoms with Crippen LogP contribution in [0.3, 0.4) is 0 Å². The predicted molar refractivity (Wildman–Crippen MR) is 244 cm³/mol. The number of hydrogen-bond donors (Lipinski definition) is 7. The van der Waals surface area contributed by atoms with E-state index >= 15 is 0 Å². The molecule has 0 radical (unpaired) electrons. The Morgan fingerprint density at radius 2 is 1.81 bits per heavy atom. The molecule has 29 heteroatoms. The van der Waals surface area contributed by atoms with Gasteiger partial charge in [0.05, 0.1) is 35.8 Å². The highest BCUT2D eigenvalue weighted by atomic mass is 32.2. The molecular formula is C40H48N7O18P3S. The third kappa shape index (κ3) is 14.4. The Labute approximate surface area is 393 Å². The number of unbranched alkanes of at least 4 members (excludes halogenated alkanes) is 2. The number of aryl methyl sites for hydroxylation is 1. The molecule has 4 aromatic heterocycles. The van der Waals surface area contributed by atoms with Crippen LogP contribution in [0.5, 0.6) is 0 Å². The van der Waals surface area contributed by atoms with Crippen molar-refractivity contribution in [1.82, 2.24) is 19.9 Å². The van der Waals surface area contributed by atoms with E-state index in [1.165, 1.54) is 35.4 Å². The number of phosphoric ester groups is 1. The average molecular weight is 1040 g/mol. The van der Waals surface area contributed by atoms with Crippen LogP contribution in [0.25, 0.3) is 34.2 Å². The Kier molecular flexibility index (Phi) is 17.2. The highest BCUT2D eigenvalue weighted by Gasteiger charge is 2.43. The Bertz CT molecular complexity index is 3130. The van der Waals surface area contributed by atoms with Crippen molar-refractivity contribution in [2.24, 2.45) is 0 Å². The normalized spacial score (nSPS) is 18.2. The Balaban J connectivity index is 1.02. The number of nitrogens with one attached hydrogen (secondary N) is 1. The number of amides is 1. The third-order valence-corrected chi connectivity index (χ3v) is 15.1. The van der Waals surface area contributed by atoms with E-state index in [-0.39, 0.29) is 48.9 Å². The molecule has 1 saturated heterocycles. The topological polar surface area (TPSA) is 370 Å². The minimum Gasteiger partial charge on any atom is -0.744 e. The number of aliphatic hydroxyl groups excluding tert-OH is 1. The number of hydrogen-bond acceptors (Lipinski definition) is 18. The zero-order valence-corrected chi connectivity index (χ0v) is 40.3. The van der Waals surface area contributed by atoms with Gasteiger partial charge >= 0.3 is 29.1 Å². The molecule has 6 rings (SSSR count). The van der Waals surface area contributed by atoms with Crippen molar-refractivity contribution in [3.05, 3.63) is 82.4 Å². The Morgan fingerprint density at radius 1 is 1.06 bits per heavy atom. The summed E-state index contributed by atoms with van der Waals surface area (Å²) in [6.45, 7) is 4.95. The molecule has 0 bridgehead atoms. The summed E-state index contributed by atoms with van der Waals surface area (Å²) in [5, 5.41) is 14.4. The van der Waals surface area contributed by atoms with Gasteiger partial charge in [0, 0.05) is 67.8 Å². The highest BCUT2D eigenvalue weighted by molar-refractivity contribution is 7.85. The zero-order chi connectivity index (χ0) is 50.3. The van der Waals surface area contributed by atoms with Crippen LogP contribution in [0.4, 0.5) is 11.5 Å². The summed E-state index contributed by atoms with van der Waals surface area (Å²) >= 11 is 0. The summed E-state index contributed by atoms with van der Waals surface area (Å²) in [5.41, 5.74) is 8.26. The Morgan fingerprint density at radius 3 is 2.52 bits per heavy atom. The van der Waals surface area contributed by atoms with E-state index in [1.54, 1.807) is 22.8 Å². The van der Waals surface area contributed by atoms with Gasteiger partial charge < -0.3 is 58.9 Å². The Hall–Kier alpha value is -5.19. The van der Waals surface area contributed by atoms with Crippen molar-refractivity contribution in [3.63, 3.8) is 0 Å². The number of rotatable bonds is 21. The zero-order valence-electron chi connectivity index (χ0n) is 36.8. The summed E-state index contributed by atoms with van der Waals surface area (Å²) in [6, 6.07) is 9.98. The van der Waals surface area contributed by atoms with Gasteiger partial charge in [-0.2, -0.15) is 13.2 Å². The van der Waals surface area contributed by atoms with Crippen molar-refractivity contribution in [2.45, 2.75) is 75.8 Å². The average Bonchev–Trinajstić information content (AvgIpc) is 3.82. The number of nitrogens with zero attached hydrogens (tertiary/aromatic N) is 5. The van der Waals surface area contributed by atoms with Crippen molar-refractivity contribution in [2.75, 3.05) is 36.9 Å². The standard InChI is InChI=1S/C40H48N7O18P3S/c1-3-45(4-2)30-14-11-26-19-27(40(50)63-33(26)20-30)12-13-29-15-16-31(69(58,59)60)23-46(29)18-7-5-6-10-35(49)42-17-8-9-28-22-47(39-37(28)38(41)43-25-44-39)36-21-32(48)34(62-36)24-61-67(54,55)65-68(56,57)64-66(51,52)53/h11-16,19-20,22-23,25,32,34,36,48H,3-7,10,17-18,21,24H2,1-2H3,(H7-,41,42,43,44,49,51,52,53,54,55,56,57,58,59,60)/t32-,34+,36+/m0/s1. The number of nitrogens with two attached hydrogens (primary N) is 1. The predicted octanol–water partition coefficient (Wildman–Crippen LogP) is 3.05. The maximum Gasteiger partial charge on any atom is 0.490 e. The first-order valence-corrected chi connectivity index (χ1v) is 26.9. The van der Waals surface area contributed by atoms with Crippen molar-refractivity contribution < 1.29 is 83.0 Å². The quantitative estimate of drug-likeness (QED) is 0.0139. The van der Waals surface area contributed by atoms with Crippen LogP contribution < -0.4 is 26.1 Å². The molecule has 1 amide bonds. The molecule has 1 aliphatic rings. The number of benzene rings is 1. The van der Waals surface area contributed by atoms with Gasteiger partial charge in [-0.1, -0.05) is 11.8 Å². The molecule has 5 heterocycles. The molecule has 1 fully saturated rings. The van der Waals surface area contributed by atoms with Gasteiger partial charge in [0.15, 0.2) is 6.20 Å². The lowest BCUT2D eigenvalue weighted by molar-refractivity contribution is -0.700. The number of ether oxygens (including phenoxy) is 1. The van der Waals surface area contributed by atoms with E-state index in [2.05, 4.69) is 45.2 Å². The highest BCUT2D eigenvalue weighted by Crippen LogP contribution is 2.66. The number of aliphatic hydroxyl groups is 1. The number of phosphoric acid groups is 3. The van der Waals surface area contributed by atoms with Crippen LogP contribution >= 0.6 is 23.5 Å². The van der Waals surface area contributed by atoms with E-state index in [0.29, 0.717) is 46.9 Å². The molecule has 5 aromatic rings. The second-order valence-electron chi connectivity index (χ2n) is 15.3. The fourth-order valence-electron chi connectivity index (χ4n) is 7.26. The van der Waals surface area contributed by atoms with E-state index in [9.17, 15) is 51.1 Å². The fourth-order valence-corrected chi connectivity index (χ4v) is 10.8. The molecule has 372 valence electrons. The van der Waals surface area contributed by atoms with Crippen LogP contribution in [0.1, 0.15) is 69.0 Å². The molecule has 0 spiro atoms. The number of carbonyl (C=O) groups excluding carboxylic acids is 1. The number of carbonyl (C=O) groups is 1. The van der Waals surface area contributed by atoms with E-state index in [0.717, 1.165) is 18.8 Å². The van der Waals surface area contributed by atoms with Gasteiger partial charge in [-0.3, -0.25) is 9.32 Å². The van der Waals surface area contributed by atoms with Crippen molar-refractivity contribution >= 4 is 85.2 Å². The lowest BCUT2D eigenvalue weighted by Crippen LogP contribution is -2.37. The van der Waals surface area contributed by atoms with Gasteiger partial charge in [-0.05, 0) is 57.0 Å². The van der Waals surface area contributed by atoms with Gasteiger partial charge in [-0.25, -0.2) is 36.9 Å². The molecule has 8 N–H and O–H groups in total. The summed E-state index contributed by atoms with van der Waals surface area (Å²) in [4.78, 5) is 72.2. The number of nitrogen functional groups attached to an aromatic ring is 1. The first-order valence-electron chi connectivity index (χ1n) is 20.9. The lowest BCUT2D eigenvalue weighted by Gasteiger charge is -2.20. The van der Waals surface area contributed by atoms with Gasteiger partial charge in [0.2, 0.25) is 11.6 Å². The maximum absolute atomic E-state index is 12.9. The van der Waals surface area contributed by atoms with Gasteiger partial charge in [0.1, 0.15) is 57.3 Å². The smallest absolute Gasteiger partial charge is 0.490 e. The monoisotopic (exact) mass is 1040 g/mol. The summed E-state index contributed by atoms with van der Waals surface area (Å²) in [6.07, 6.45) is 4.92. The molecule has 5 atom stereocenters. The number of pyridine rings is 1. The molecule has 2 unspecified atom stereocenters. The summed E-state index contributed by atoms with van der Waals surface area (Å²) in [5.74, 6) is 5.47. The molecule has 25 nitrogen and oxygen atoms in total. The minimum absolute atomic E-state index is 0.0413. The largest absolute Gasteiger partial charge is 0.744 e. The molecule has 1 aliphatic heterocycles. The van der Waals surface area contributed by atoms with E-state index in [1.807, 2.05) is 32.0 Å². The number of anilines is 2. The minimum atomic E-state index is -5.77. The van der Waals surface area contributed by atoms with Crippen LogP contribution in [0.2, 0.25) is 0 Å². The first-order chi connectivity index (χ1) is 32.5. The van der Waals surface area contributed by atoms with E-state index in [4.69, 9.17) is 24.7 Å². The van der Waals surface area contributed by atoms with Crippen LogP contribution in [0, 0.1) is 11.8 Å². The van der Waals surface area contributed by atoms with Crippen LogP contribution in [0.15, 0.2) is 69.2 Å². The van der Waals surface area contributed by atoms with E-state index < -0.39 is 69.2 Å². The molecule has 1 aromatic carbocycles. The second-order valence-corrected chi connectivity index (χ2v) is 21.1.